The SMILES string of the molecule is CCCC[N+](CCCC)(CCCCSc1ccccc1C(=O)O)CCCCSc1ccccc1C(=O)O. The van der Waals surface area contributed by atoms with Gasteiger partial charge in [0.15, 0.2) is 0 Å². The molecule has 0 spiro atoms. The van der Waals surface area contributed by atoms with Crippen LogP contribution in [0.3, 0.4) is 0 Å². The maximum atomic E-state index is 11.5. The molecule has 0 atom stereocenters. The van der Waals surface area contributed by atoms with E-state index in [1.54, 1.807) is 47.8 Å². The molecule has 0 radical (unpaired) electrons. The minimum atomic E-state index is -0.859. The smallest absolute Gasteiger partial charge is 0.336 e. The van der Waals surface area contributed by atoms with Crippen LogP contribution in [0.25, 0.3) is 0 Å². The van der Waals surface area contributed by atoms with Gasteiger partial charge in [0, 0.05) is 9.79 Å². The summed E-state index contributed by atoms with van der Waals surface area (Å²) >= 11 is 3.31. The first kappa shape index (κ1) is 31.3. The minimum absolute atomic E-state index is 0.396. The summed E-state index contributed by atoms with van der Waals surface area (Å²) in [6.45, 7) is 9.33. The number of unbranched alkanes of at least 4 members (excludes halogenated alkanes) is 4. The number of aromatic carboxylic acids is 2. The van der Waals surface area contributed by atoms with E-state index in [0.29, 0.717) is 11.1 Å². The Labute approximate surface area is 231 Å². The monoisotopic (exact) mass is 546 g/mol. The fourth-order valence-corrected chi connectivity index (χ4v) is 6.77. The summed E-state index contributed by atoms with van der Waals surface area (Å²) in [7, 11) is 0. The quantitative estimate of drug-likeness (QED) is 0.0997. The number of quaternary nitrogens is 1. The zero-order valence-corrected chi connectivity index (χ0v) is 24.1. The highest BCUT2D eigenvalue weighted by atomic mass is 32.2. The van der Waals surface area contributed by atoms with Crippen LogP contribution >= 0.6 is 23.5 Å². The normalized spacial score (nSPS) is 11.5. The third-order valence-electron chi connectivity index (χ3n) is 6.78. The molecule has 5 nitrogen and oxygen atoms in total. The molecule has 0 aliphatic carbocycles. The van der Waals surface area contributed by atoms with Gasteiger partial charge >= 0.3 is 11.9 Å². The average Bonchev–Trinajstić information content (AvgIpc) is 2.90. The van der Waals surface area contributed by atoms with Crippen LogP contribution in [0.1, 0.15) is 85.9 Å². The summed E-state index contributed by atoms with van der Waals surface area (Å²) in [5.41, 5.74) is 0.791. The number of carbonyl (C=O) groups is 2. The largest absolute Gasteiger partial charge is 0.478 e. The Balaban J connectivity index is 1.88. The molecule has 0 aromatic heterocycles. The highest BCUT2D eigenvalue weighted by Gasteiger charge is 2.25. The number of carboxylic acid groups (broad SMARTS) is 2. The molecule has 0 fully saturated rings. The molecule has 0 aliphatic heterocycles. The Morgan fingerprint density at radius 2 is 1.00 bits per heavy atom. The Hall–Kier alpha value is -1.96. The van der Waals surface area contributed by atoms with Crippen molar-refractivity contribution in [1.82, 2.24) is 0 Å². The average molecular weight is 547 g/mol. The zero-order valence-electron chi connectivity index (χ0n) is 22.5. The van der Waals surface area contributed by atoms with Gasteiger partial charge in [-0.1, -0.05) is 51.0 Å². The van der Waals surface area contributed by atoms with E-state index in [4.69, 9.17) is 0 Å². The number of nitrogens with zero attached hydrogens (tertiary/aromatic N) is 1. The standard InChI is InChI=1S/C30H43NO4S2/c1-3-5-19-31(20-6-4-2,21-11-13-23-36-27-17-9-7-15-25(27)29(32)33)22-12-14-24-37-28-18-10-8-16-26(28)30(34)35/h7-10,15-18H,3-6,11-14,19-24H2,1-2H3,(H-,32,33,34,35)/p+1. The number of hydrogen-bond acceptors (Lipinski definition) is 4. The maximum Gasteiger partial charge on any atom is 0.336 e. The van der Waals surface area contributed by atoms with Gasteiger partial charge in [-0.25, -0.2) is 9.59 Å². The predicted octanol–water partition coefficient (Wildman–Crippen LogP) is 7.94. The Kier molecular flexibility index (Phi) is 14.8. The number of hydrogen-bond donors (Lipinski definition) is 2. The van der Waals surface area contributed by atoms with Gasteiger partial charge in [0.05, 0.1) is 37.3 Å². The number of rotatable bonds is 20. The molecule has 37 heavy (non-hydrogen) atoms. The van der Waals surface area contributed by atoms with Crippen molar-refractivity contribution in [2.75, 3.05) is 37.7 Å². The number of thioether (sulfide) groups is 2. The lowest BCUT2D eigenvalue weighted by Crippen LogP contribution is -2.50. The lowest BCUT2D eigenvalue weighted by molar-refractivity contribution is -0.929. The second-order valence-electron chi connectivity index (χ2n) is 9.66. The molecular formula is C30H44NO4S2+. The van der Waals surface area contributed by atoms with Crippen LogP contribution in [0, 0.1) is 0 Å². The van der Waals surface area contributed by atoms with E-state index in [2.05, 4.69) is 13.8 Å². The Morgan fingerprint density at radius 1 is 0.622 bits per heavy atom. The van der Waals surface area contributed by atoms with Crippen molar-refractivity contribution in [1.29, 1.82) is 0 Å². The summed E-state index contributed by atoms with van der Waals surface area (Å²) in [5, 5.41) is 18.8. The fraction of sp³-hybridized carbons (Fsp3) is 0.533. The Bertz CT molecular complexity index is 889. The predicted molar refractivity (Wildman–Crippen MR) is 156 cm³/mol. The first-order valence-electron chi connectivity index (χ1n) is 13.7. The van der Waals surface area contributed by atoms with Crippen molar-refractivity contribution in [3.8, 4) is 0 Å². The molecule has 7 heteroatoms. The minimum Gasteiger partial charge on any atom is -0.478 e. The molecule has 204 valence electrons. The molecular weight excluding hydrogens is 502 g/mol. The van der Waals surface area contributed by atoms with Gasteiger partial charge in [-0.3, -0.25) is 0 Å². The molecule has 2 aromatic rings. The molecule has 0 unspecified atom stereocenters. The lowest BCUT2D eigenvalue weighted by atomic mass is 10.1. The van der Waals surface area contributed by atoms with Gasteiger partial charge < -0.3 is 14.7 Å². The third kappa shape index (κ3) is 11.1. The molecule has 0 heterocycles. The van der Waals surface area contributed by atoms with E-state index < -0.39 is 11.9 Å². The second kappa shape index (κ2) is 17.5. The van der Waals surface area contributed by atoms with Crippen LogP contribution in [0.15, 0.2) is 58.3 Å². The summed E-state index contributed by atoms with van der Waals surface area (Å²) in [6.07, 6.45) is 9.35. The van der Waals surface area contributed by atoms with Crippen LogP contribution in [0.2, 0.25) is 0 Å². The van der Waals surface area contributed by atoms with Crippen molar-refractivity contribution < 1.29 is 24.3 Å². The summed E-state index contributed by atoms with van der Waals surface area (Å²) in [6, 6.07) is 14.6. The topological polar surface area (TPSA) is 74.6 Å². The van der Waals surface area contributed by atoms with E-state index in [0.717, 1.165) is 47.0 Å². The van der Waals surface area contributed by atoms with Gasteiger partial charge in [0.2, 0.25) is 0 Å². The molecule has 0 bridgehead atoms. The number of carboxylic acids is 2. The zero-order chi connectivity index (χ0) is 26.9. The van der Waals surface area contributed by atoms with Crippen LogP contribution in [0.4, 0.5) is 0 Å². The highest BCUT2D eigenvalue weighted by molar-refractivity contribution is 7.99. The molecule has 0 saturated carbocycles. The van der Waals surface area contributed by atoms with E-state index in [-0.39, 0.29) is 0 Å². The first-order chi connectivity index (χ1) is 17.9. The number of benzene rings is 2. The molecule has 2 rings (SSSR count). The van der Waals surface area contributed by atoms with Crippen LogP contribution in [0.5, 0.6) is 0 Å². The van der Waals surface area contributed by atoms with Gasteiger partial charge in [-0.15, -0.1) is 23.5 Å². The van der Waals surface area contributed by atoms with Crippen molar-refractivity contribution in [2.45, 2.75) is 75.0 Å². The van der Waals surface area contributed by atoms with Crippen LogP contribution < -0.4 is 0 Å². The van der Waals surface area contributed by atoms with Gasteiger partial charge in [0.1, 0.15) is 0 Å². The molecule has 0 amide bonds. The first-order valence-corrected chi connectivity index (χ1v) is 15.6. The van der Waals surface area contributed by atoms with E-state index in [1.165, 1.54) is 56.3 Å². The molecule has 0 saturated heterocycles. The molecule has 2 aromatic carbocycles. The van der Waals surface area contributed by atoms with Crippen molar-refractivity contribution >= 4 is 35.5 Å². The van der Waals surface area contributed by atoms with Gasteiger partial charge in [-0.05, 0) is 74.3 Å². The molecule has 0 aliphatic rings. The van der Waals surface area contributed by atoms with Crippen LogP contribution in [-0.4, -0.2) is 64.3 Å². The summed E-state index contributed by atoms with van der Waals surface area (Å²) in [5.74, 6) is 0.154. The van der Waals surface area contributed by atoms with Gasteiger partial charge in [-0.2, -0.15) is 0 Å². The highest BCUT2D eigenvalue weighted by Crippen LogP contribution is 2.26. The maximum absolute atomic E-state index is 11.5. The Morgan fingerprint density at radius 3 is 1.38 bits per heavy atom. The van der Waals surface area contributed by atoms with Gasteiger partial charge in [0.25, 0.3) is 0 Å². The second-order valence-corrected chi connectivity index (χ2v) is 11.9. The third-order valence-corrected chi connectivity index (χ3v) is 9.10. The summed E-state index contributed by atoms with van der Waals surface area (Å²) < 4.78 is 1.18. The summed E-state index contributed by atoms with van der Waals surface area (Å²) in [4.78, 5) is 24.7. The van der Waals surface area contributed by atoms with Crippen molar-refractivity contribution in [3.05, 3.63) is 59.7 Å². The van der Waals surface area contributed by atoms with Crippen molar-refractivity contribution in [2.24, 2.45) is 0 Å². The fourth-order valence-electron chi connectivity index (χ4n) is 4.66. The van der Waals surface area contributed by atoms with E-state index >= 15 is 0 Å². The van der Waals surface area contributed by atoms with Crippen molar-refractivity contribution in [3.63, 3.8) is 0 Å². The van der Waals surface area contributed by atoms with E-state index in [1.807, 2.05) is 24.3 Å². The van der Waals surface area contributed by atoms with E-state index in [9.17, 15) is 19.8 Å². The van der Waals surface area contributed by atoms with Crippen LogP contribution in [-0.2, 0) is 0 Å². The lowest BCUT2D eigenvalue weighted by Gasteiger charge is -2.39. The molecule has 2 N–H and O–H groups in total.